The molecule has 2 aliphatic carbocycles. The van der Waals surface area contributed by atoms with Crippen molar-refractivity contribution in [2.24, 2.45) is 16.7 Å². The molecule has 0 bridgehead atoms. The Morgan fingerprint density at radius 3 is 2.54 bits per heavy atom. The van der Waals surface area contributed by atoms with Crippen LogP contribution in [0.4, 0.5) is 0 Å². The van der Waals surface area contributed by atoms with Crippen molar-refractivity contribution in [1.29, 1.82) is 0 Å². The van der Waals surface area contributed by atoms with E-state index in [4.69, 9.17) is 0 Å². The number of hydrogen-bond acceptors (Lipinski definition) is 0. The van der Waals surface area contributed by atoms with Crippen molar-refractivity contribution in [3.8, 4) is 0 Å². The number of rotatable bonds is 0. The lowest BCUT2D eigenvalue weighted by molar-refractivity contribution is 0.144. The lowest BCUT2D eigenvalue weighted by Gasteiger charge is -2.45. The highest BCUT2D eigenvalue weighted by atomic mass is 14.5. The standard InChI is InChI=1S/C13H21/c1-11-6-4-8-13(11)9-5-7-12(2,3)10-13/h4,6,10-11H,5,7-9H2,1-3H3. The van der Waals surface area contributed by atoms with Crippen molar-refractivity contribution in [3.05, 3.63) is 18.6 Å². The molecule has 0 N–H and O–H groups in total. The molecule has 2 rings (SSSR count). The van der Waals surface area contributed by atoms with Crippen molar-refractivity contribution in [1.82, 2.24) is 0 Å². The Hall–Kier alpha value is -0.260. The molecular formula is C13H21. The van der Waals surface area contributed by atoms with Gasteiger partial charge in [0.05, 0.1) is 0 Å². The Labute approximate surface area is 82.4 Å². The lowest BCUT2D eigenvalue weighted by atomic mass is 9.59. The number of allylic oxidation sites excluding steroid dienone is 2. The minimum absolute atomic E-state index is 0.471. The molecule has 2 aliphatic rings. The molecule has 0 nitrogen and oxygen atoms in total. The van der Waals surface area contributed by atoms with Gasteiger partial charge in [0.1, 0.15) is 0 Å². The molecule has 0 heteroatoms. The van der Waals surface area contributed by atoms with Crippen LogP contribution in [-0.4, -0.2) is 0 Å². The van der Waals surface area contributed by atoms with E-state index >= 15 is 0 Å². The van der Waals surface area contributed by atoms with E-state index in [-0.39, 0.29) is 0 Å². The van der Waals surface area contributed by atoms with Gasteiger partial charge in [-0.15, -0.1) is 0 Å². The van der Waals surface area contributed by atoms with E-state index < -0.39 is 0 Å². The van der Waals surface area contributed by atoms with Crippen LogP contribution < -0.4 is 0 Å². The van der Waals surface area contributed by atoms with Crippen molar-refractivity contribution in [3.63, 3.8) is 0 Å². The van der Waals surface area contributed by atoms with Crippen LogP contribution in [-0.2, 0) is 0 Å². The molecule has 0 heterocycles. The van der Waals surface area contributed by atoms with E-state index in [1.165, 1.54) is 25.7 Å². The third-order valence-corrected chi connectivity index (χ3v) is 3.97. The maximum absolute atomic E-state index is 2.65. The van der Waals surface area contributed by atoms with Gasteiger partial charge in [0, 0.05) is 0 Å². The summed E-state index contributed by atoms with van der Waals surface area (Å²) in [5.41, 5.74) is 1.00. The molecular weight excluding hydrogens is 156 g/mol. The maximum Gasteiger partial charge on any atom is -0.0166 e. The van der Waals surface area contributed by atoms with Crippen molar-refractivity contribution >= 4 is 0 Å². The Morgan fingerprint density at radius 2 is 2.00 bits per heavy atom. The molecule has 2 unspecified atom stereocenters. The Kier molecular flexibility index (Phi) is 2.05. The fourth-order valence-electron chi connectivity index (χ4n) is 3.18. The van der Waals surface area contributed by atoms with Crippen molar-refractivity contribution in [2.75, 3.05) is 0 Å². The fourth-order valence-corrected chi connectivity index (χ4v) is 3.18. The average Bonchev–Trinajstić information content (AvgIpc) is 2.31. The summed E-state index contributed by atoms with van der Waals surface area (Å²) in [6.45, 7) is 7.15. The van der Waals surface area contributed by atoms with Crippen LogP contribution in [0.3, 0.4) is 0 Å². The molecule has 1 spiro atoms. The molecule has 0 aliphatic heterocycles. The van der Waals surface area contributed by atoms with E-state index in [1.807, 2.05) is 0 Å². The summed E-state index contributed by atoms with van der Waals surface area (Å²) in [4.78, 5) is 0. The van der Waals surface area contributed by atoms with Crippen LogP contribution in [0.1, 0.15) is 46.5 Å². The predicted octanol–water partition coefficient (Wildman–Crippen LogP) is 3.98. The third-order valence-electron chi connectivity index (χ3n) is 3.97. The van der Waals surface area contributed by atoms with Crippen LogP contribution >= 0.6 is 0 Å². The van der Waals surface area contributed by atoms with Crippen molar-refractivity contribution < 1.29 is 0 Å². The minimum Gasteiger partial charge on any atom is -0.0877 e. The Bertz CT molecular complexity index is 224. The highest BCUT2D eigenvalue weighted by Gasteiger charge is 2.44. The summed E-state index contributed by atoms with van der Waals surface area (Å²) < 4.78 is 0. The summed E-state index contributed by atoms with van der Waals surface area (Å²) in [7, 11) is 0. The molecule has 2 atom stereocenters. The highest BCUT2D eigenvalue weighted by Crippen LogP contribution is 2.54. The third kappa shape index (κ3) is 1.56. The van der Waals surface area contributed by atoms with Gasteiger partial charge in [0.2, 0.25) is 0 Å². The number of hydrogen-bond donors (Lipinski definition) is 0. The van der Waals surface area contributed by atoms with Crippen LogP contribution in [0.5, 0.6) is 0 Å². The second-order valence-corrected chi connectivity index (χ2v) is 5.64. The molecule has 13 heavy (non-hydrogen) atoms. The summed E-state index contributed by atoms with van der Waals surface area (Å²) >= 11 is 0. The quantitative estimate of drug-likeness (QED) is 0.491. The van der Waals surface area contributed by atoms with E-state index in [0.717, 1.165) is 5.92 Å². The van der Waals surface area contributed by atoms with Gasteiger partial charge < -0.3 is 0 Å². The Morgan fingerprint density at radius 1 is 1.23 bits per heavy atom. The van der Waals surface area contributed by atoms with E-state index in [2.05, 4.69) is 39.3 Å². The average molecular weight is 177 g/mol. The zero-order valence-electron chi connectivity index (χ0n) is 9.14. The van der Waals surface area contributed by atoms with Gasteiger partial charge in [-0.3, -0.25) is 0 Å². The first-order valence-electron chi connectivity index (χ1n) is 5.58. The second kappa shape index (κ2) is 2.87. The van der Waals surface area contributed by atoms with Gasteiger partial charge in [-0.2, -0.15) is 0 Å². The topological polar surface area (TPSA) is 0 Å². The zero-order valence-corrected chi connectivity index (χ0v) is 9.14. The first-order chi connectivity index (χ1) is 6.04. The van der Waals surface area contributed by atoms with Crippen LogP contribution in [0.2, 0.25) is 0 Å². The van der Waals surface area contributed by atoms with E-state index in [0.29, 0.717) is 10.8 Å². The zero-order chi connectivity index (χ0) is 9.53. The Balaban J connectivity index is 2.15. The molecule has 0 saturated heterocycles. The molecule has 0 aromatic carbocycles. The van der Waals surface area contributed by atoms with Crippen LogP contribution in [0, 0.1) is 23.2 Å². The molecule has 0 aromatic rings. The maximum atomic E-state index is 2.65. The lowest BCUT2D eigenvalue weighted by Crippen LogP contribution is -2.36. The molecule has 73 valence electrons. The van der Waals surface area contributed by atoms with E-state index in [1.54, 1.807) is 0 Å². The SMILES string of the molecule is CC1C=CCC12[CH]C(C)(C)CCC2. The van der Waals surface area contributed by atoms with Gasteiger partial charge in [0.25, 0.3) is 0 Å². The molecule has 1 radical (unpaired) electrons. The smallest absolute Gasteiger partial charge is 0.0166 e. The molecule has 0 aromatic heterocycles. The molecule has 0 amide bonds. The van der Waals surface area contributed by atoms with Crippen LogP contribution in [0.25, 0.3) is 0 Å². The van der Waals surface area contributed by atoms with Gasteiger partial charge in [-0.25, -0.2) is 0 Å². The summed E-state index contributed by atoms with van der Waals surface area (Å²) in [6.07, 6.45) is 12.9. The highest BCUT2D eigenvalue weighted by molar-refractivity contribution is 5.17. The van der Waals surface area contributed by atoms with Crippen LogP contribution in [0.15, 0.2) is 12.2 Å². The second-order valence-electron chi connectivity index (χ2n) is 5.64. The predicted molar refractivity (Wildman–Crippen MR) is 57.3 cm³/mol. The summed E-state index contributed by atoms with van der Waals surface area (Å²) in [5.74, 6) is 0.770. The first-order valence-corrected chi connectivity index (χ1v) is 5.58. The fraction of sp³-hybridized carbons (Fsp3) is 0.769. The van der Waals surface area contributed by atoms with Gasteiger partial charge >= 0.3 is 0 Å². The largest absolute Gasteiger partial charge is 0.0877 e. The van der Waals surface area contributed by atoms with E-state index in [9.17, 15) is 0 Å². The molecule has 1 fully saturated rings. The summed E-state index contributed by atoms with van der Waals surface area (Å²) in [5, 5.41) is 0. The van der Waals surface area contributed by atoms with Gasteiger partial charge in [-0.1, -0.05) is 39.3 Å². The monoisotopic (exact) mass is 177 g/mol. The minimum atomic E-state index is 0.471. The van der Waals surface area contributed by atoms with Gasteiger partial charge in [-0.05, 0) is 42.4 Å². The summed E-state index contributed by atoms with van der Waals surface area (Å²) in [6, 6.07) is 0. The van der Waals surface area contributed by atoms with Crippen molar-refractivity contribution in [2.45, 2.75) is 46.5 Å². The first kappa shape index (κ1) is 9.30. The molecule has 1 saturated carbocycles. The van der Waals surface area contributed by atoms with Gasteiger partial charge in [0.15, 0.2) is 0 Å². The normalized spacial score (nSPS) is 42.8.